The first kappa shape index (κ1) is 22.2. The fraction of sp³-hybridized carbons (Fsp3) is 0.300. The van der Waals surface area contributed by atoms with Crippen molar-refractivity contribution >= 4 is 34.9 Å². The summed E-state index contributed by atoms with van der Waals surface area (Å²) in [6.07, 6.45) is 0. The van der Waals surface area contributed by atoms with E-state index < -0.39 is 23.4 Å². The maximum absolute atomic E-state index is 12.1. The molecule has 154 valence electrons. The summed E-state index contributed by atoms with van der Waals surface area (Å²) in [5.74, 6) is -1.37. The number of nitrogens with zero attached hydrogens (tertiary/aromatic N) is 2. The molecule has 0 heterocycles. The Morgan fingerprint density at radius 1 is 1.24 bits per heavy atom. The number of carbonyl (C=O) groups excluding carboxylic acids is 2. The van der Waals surface area contributed by atoms with Crippen LogP contribution in [0.4, 0.5) is 11.4 Å². The molecule has 8 nitrogen and oxygen atoms in total. The number of nitrogens with one attached hydrogen (secondary N) is 1. The number of hydrogen-bond donors (Lipinski definition) is 1. The van der Waals surface area contributed by atoms with Crippen LogP contribution in [-0.2, 0) is 9.53 Å². The van der Waals surface area contributed by atoms with Gasteiger partial charge in [-0.15, -0.1) is 0 Å². The van der Waals surface area contributed by atoms with Gasteiger partial charge in [-0.1, -0.05) is 23.7 Å². The summed E-state index contributed by atoms with van der Waals surface area (Å²) in [5, 5.41) is 13.5. The zero-order valence-electron chi connectivity index (χ0n) is 16.2. The lowest BCUT2D eigenvalue weighted by atomic mass is 10.2. The van der Waals surface area contributed by atoms with Crippen LogP contribution < -0.4 is 10.2 Å². The highest BCUT2D eigenvalue weighted by Crippen LogP contribution is 2.22. The van der Waals surface area contributed by atoms with Gasteiger partial charge in [0.15, 0.2) is 6.61 Å². The second-order valence-corrected chi connectivity index (χ2v) is 6.67. The first-order valence-corrected chi connectivity index (χ1v) is 9.39. The summed E-state index contributed by atoms with van der Waals surface area (Å²) in [6, 6.07) is 11.5. The summed E-state index contributed by atoms with van der Waals surface area (Å²) < 4.78 is 4.92. The topological polar surface area (TPSA) is 102 Å². The van der Waals surface area contributed by atoms with E-state index in [0.29, 0.717) is 13.1 Å². The van der Waals surface area contributed by atoms with Crippen LogP contribution in [0.1, 0.15) is 22.8 Å². The molecular formula is C20H22ClN3O5. The SMILES string of the molecule is CCN(CCNC(=O)COC(=O)c1cc([N+](=O)[O-])ccc1Cl)c1cccc(C)c1. The minimum Gasteiger partial charge on any atom is -0.452 e. The molecule has 0 aliphatic carbocycles. The van der Waals surface area contributed by atoms with E-state index in [9.17, 15) is 19.7 Å². The molecule has 1 N–H and O–H groups in total. The second-order valence-electron chi connectivity index (χ2n) is 6.27. The van der Waals surface area contributed by atoms with Gasteiger partial charge in [0.1, 0.15) is 0 Å². The predicted molar refractivity (Wildman–Crippen MR) is 110 cm³/mol. The fourth-order valence-electron chi connectivity index (χ4n) is 2.67. The number of aryl methyl sites for hydroxylation is 1. The molecule has 29 heavy (non-hydrogen) atoms. The highest BCUT2D eigenvalue weighted by Gasteiger charge is 2.18. The molecule has 2 aromatic carbocycles. The smallest absolute Gasteiger partial charge is 0.340 e. The Morgan fingerprint density at radius 3 is 2.66 bits per heavy atom. The summed E-state index contributed by atoms with van der Waals surface area (Å²) in [4.78, 5) is 36.3. The van der Waals surface area contributed by atoms with Crippen molar-refractivity contribution in [3.63, 3.8) is 0 Å². The third kappa shape index (κ3) is 6.46. The third-order valence-corrected chi connectivity index (χ3v) is 4.50. The average Bonchev–Trinajstić information content (AvgIpc) is 2.69. The Bertz CT molecular complexity index is 903. The van der Waals surface area contributed by atoms with E-state index in [1.807, 2.05) is 32.0 Å². The van der Waals surface area contributed by atoms with Crippen molar-refractivity contribution in [3.05, 3.63) is 68.7 Å². The molecule has 0 saturated heterocycles. The maximum Gasteiger partial charge on any atom is 0.340 e. The molecule has 0 saturated carbocycles. The van der Waals surface area contributed by atoms with Crippen LogP contribution in [-0.4, -0.2) is 43.0 Å². The average molecular weight is 420 g/mol. The predicted octanol–water partition coefficient (Wildman–Crippen LogP) is 3.36. The van der Waals surface area contributed by atoms with Crippen LogP contribution in [0.3, 0.4) is 0 Å². The van der Waals surface area contributed by atoms with E-state index >= 15 is 0 Å². The van der Waals surface area contributed by atoms with Crippen LogP contribution in [0.2, 0.25) is 5.02 Å². The lowest BCUT2D eigenvalue weighted by Gasteiger charge is -2.23. The molecule has 2 rings (SSSR count). The van der Waals surface area contributed by atoms with Gasteiger partial charge in [-0.3, -0.25) is 14.9 Å². The Balaban J connectivity index is 1.83. The van der Waals surface area contributed by atoms with Gasteiger partial charge < -0.3 is 15.0 Å². The number of carbonyl (C=O) groups is 2. The highest BCUT2D eigenvalue weighted by atomic mass is 35.5. The second kappa shape index (κ2) is 10.4. The normalized spacial score (nSPS) is 10.3. The molecule has 0 unspecified atom stereocenters. The molecule has 2 aromatic rings. The molecule has 0 fully saturated rings. The Hall–Kier alpha value is -3.13. The highest BCUT2D eigenvalue weighted by molar-refractivity contribution is 6.33. The lowest BCUT2D eigenvalue weighted by molar-refractivity contribution is -0.384. The lowest BCUT2D eigenvalue weighted by Crippen LogP contribution is -2.36. The number of nitro benzene ring substituents is 1. The minimum atomic E-state index is -0.899. The van der Waals surface area contributed by atoms with Crippen molar-refractivity contribution < 1.29 is 19.2 Å². The van der Waals surface area contributed by atoms with Gasteiger partial charge in [-0.05, 0) is 37.6 Å². The first-order valence-electron chi connectivity index (χ1n) is 9.01. The number of ether oxygens (including phenoxy) is 1. The fourth-order valence-corrected chi connectivity index (χ4v) is 2.86. The van der Waals surface area contributed by atoms with Gasteiger partial charge >= 0.3 is 5.97 Å². The Morgan fingerprint density at radius 2 is 2.00 bits per heavy atom. The van der Waals surface area contributed by atoms with E-state index in [0.717, 1.165) is 23.9 Å². The molecule has 1 amide bonds. The van der Waals surface area contributed by atoms with Crippen LogP contribution in [0, 0.1) is 17.0 Å². The largest absolute Gasteiger partial charge is 0.452 e. The number of rotatable bonds is 9. The van der Waals surface area contributed by atoms with Gasteiger partial charge in [0.05, 0.1) is 15.5 Å². The summed E-state index contributed by atoms with van der Waals surface area (Å²) in [5.41, 5.74) is 1.76. The zero-order chi connectivity index (χ0) is 21.4. The standard InChI is InChI=1S/C20H22ClN3O5/c1-3-23(15-6-4-5-14(2)11-15)10-9-22-19(25)13-29-20(26)17-12-16(24(27)28)7-8-18(17)21/h4-8,11-12H,3,9-10,13H2,1-2H3,(H,22,25). The number of halogens is 1. The molecule has 0 atom stereocenters. The van der Waals surface area contributed by atoms with Crippen molar-refractivity contribution in [1.82, 2.24) is 5.32 Å². The van der Waals surface area contributed by atoms with Gasteiger partial charge in [0, 0.05) is 37.5 Å². The van der Waals surface area contributed by atoms with Crippen molar-refractivity contribution in [1.29, 1.82) is 0 Å². The number of anilines is 1. The summed E-state index contributed by atoms with van der Waals surface area (Å²) in [6.45, 7) is 5.27. The van der Waals surface area contributed by atoms with E-state index in [1.165, 1.54) is 12.1 Å². The van der Waals surface area contributed by atoms with Gasteiger partial charge in [-0.25, -0.2) is 4.79 Å². The van der Waals surface area contributed by atoms with E-state index in [4.69, 9.17) is 16.3 Å². The van der Waals surface area contributed by atoms with Crippen LogP contribution in [0.5, 0.6) is 0 Å². The number of nitro groups is 1. The van der Waals surface area contributed by atoms with Gasteiger partial charge in [0.2, 0.25) is 0 Å². The minimum absolute atomic E-state index is 0.0118. The number of esters is 1. The first-order chi connectivity index (χ1) is 13.8. The number of benzene rings is 2. The number of amides is 1. The van der Waals surface area contributed by atoms with Gasteiger partial charge in [-0.2, -0.15) is 0 Å². The number of hydrogen-bond acceptors (Lipinski definition) is 6. The maximum atomic E-state index is 12.1. The number of non-ortho nitro benzene ring substituents is 1. The molecule has 0 aliphatic heterocycles. The third-order valence-electron chi connectivity index (χ3n) is 4.17. The zero-order valence-corrected chi connectivity index (χ0v) is 16.9. The molecule has 0 aromatic heterocycles. The molecule has 0 bridgehead atoms. The number of likely N-dealkylation sites (N-methyl/N-ethyl adjacent to an activating group) is 1. The Kier molecular flexibility index (Phi) is 7.97. The van der Waals surface area contributed by atoms with E-state index in [1.54, 1.807) is 0 Å². The van der Waals surface area contributed by atoms with Crippen LogP contribution in [0.15, 0.2) is 42.5 Å². The molecule has 0 radical (unpaired) electrons. The monoisotopic (exact) mass is 419 g/mol. The van der Waals surface area contributed by atoms with Crippen LogP contribution in [0.25, 0.3) is 0 Å². The van der Waals surface area contributed by atoms with E-state index in [-0.39, 0.29) is 16.3 Å². The summed E-state index contributed by atoms with van der Waals surface area (Å²) >= 11 is 5.89. The molecule has 9 heteroatoms. The Labute approximate surface area is 173 Å². The van der Waals surface area contributed by atoms with E-state index in [2.05, 4.69) is 16.3 Å². The molecular weight excluding hydrogens is 398 g/mol. The summed E-state index contributed by atoms with van der Waals surface area (Å²) in [7, 11) is 0. The van der Waals surface area contributed by atoms with Crippen molar-refractivity contribution in [2.75, 3.05) is 31.1 Å². The van der Waals surface area contributed by atoms with Crippen molar-refractivity contribution in [3.8, 4) is 0 Å². The molecule has 0 spiro atoms. The quantitative estimate of drug-likeness (QED) is 0.380. The van der Waals surface area contributed by atoms with Crippen molar-refractivity contribution in [2.24, 2.45) is 0 Å². The van der Waals surface area contributed by atoms with Crippen molar-refractivity contribution in [2.45, 2.75) is 13.8 Å². The van der Waals surface area contributed by atoms with Gasteiger partial charge in [0.25, 0.3) is 11.6 Å². The molecule has 0 aliphatic rings. The van der Waals surface area contributed by atoms with Crippen LogP contribution >= 0.6 is 11.6 Å².